The number of carbonyl (C=O) groups is 2. The van der Waals surface area contributed by atoms with Crippen molar-refractivity contribution < 1.29 is 18.8 Å². The molecule has 0 spiro atoms. The smallest absolute Gasteiger partial charge is 0.344 e. The Labute approximate surface area is 134 Å². The third-order valence-electron chi connectivity index (χ3n) is 3.43. The Morgan fingerprint density at radius 1 is 1.39 bits per heavy atom. The summed E-state index contributed by atoms with van der Waals surface area (Å²) < 4.78 is 10.6. The van der Waals surface area contributed by atoms with Gasteiger partial charge in [0.2, 0.25) is 5.91 Å². The molecule has 0 unspecified atom stereocenters. The zero-order valence-electron chi connectivity index (χ0n) is 13.7. The summed E-state index contributed by atoms with van der Waals surface area (Å²) in [6, 6.07) is 7.19. The highest BCUT2D eigenvalue weighted by atomic mass is 16.5. The lowest BCUT2D eigenvalue weighted by Gasteiger charge is -2.15. The predicted molar refractivity (Wildman–Crippen MR) is 85.2 cm³/mol. The standard InChI is InChI=1S/C17H20N2O4/c1-5-15-16(11(3)23-19-15)17(21)22-10(2)13-7-6-8-14(9-13)18-12(4)20/h6-10H,5H2,1-4H3,(H,18,20)/t10-/m1/s1. The Morgan fingerprint density at radius 2 is 2.13 bits per heavy atom. The van der Waals surface area contributed by atoms with Crippen molar-refractivity contribution in [2.75, 3.05) is 5.32 Å². The molecule has 1 amide bonds. The van der Waals surface area contributed by atoms with E-state index in [0.29, 0.717) is 29.1 Å². The molecular formula is C17H20N2O4. The number of amides is 1. The van der Waals surface area contributed by atoms with Crippen LogP contribution in [0.25, 0.3) is 0 Å². The summed E-state index contributed by atoms with van der Waals surface area (Å²) >= 11 is 0. The van der Waals surface area contributed by atoms with Gasteiger partial charge in [-0.05, 0) is 38.0 Å². The first-order valence-corrected chi connectivity index (χ1v) is 7.46. The Bertz CT molecular complexity index is 721. The SMILES string of the molecule is CCc1noc(C)c1C(=O)O[C@H](C)c1cccc(NC(C)=O)c1. The monoisotopic (exact) mass is 316 g/mol. The van der Waals surface area contributed by atoms with Gasteiger partial charge in [0.25, 0.3) is 0 Å². The lowest BCUT2D eigenvalue weighted by molar-refractivity contribution is -0.114. The van der Waals surface area contributed by atoms with Crippen molar-refractivity contribution in [2.24, 2.45) is 0 Å². The number of ether oxygens (including phenoxy) is 1. The molecule has 0 aliphatic carbocycles. The zero-order chi connectivity index (χ0) is 17.0. The van der Waals surface area contributed by atoms with Gasteiger partial charge in [0.05, 0.1) is 5.69 Å². The molecule has 0 aliphatic rings. The van der Waals surface area contributed by atoms with E-state index in [-0.39, 0.29) is 5.91 Å². The number of esters is 1. The fourth-order valence-electron chi connectivity index (χ4n) is 2.28. The second kappa shape index (κ2) is 7.09. The minimum absolute atomic E-state index is 0.153. The summed E-state index contributed by atoms with van der Waals surface area (Å²) in [6.45, 7) is 6.80. The van der Waals surface area contributed by atoms with Crippen molar-refractivity contribution in [2.45, 2.75) is 40.2 Å². The Hall–Kier alpha value is -2.63. The number of aromatic nitrogens is 1. The van der Waals surface area contributed by atoms with Gasteiger partial charge in [0.1, 0.15) is 17.4 Å². The lowest BCUT2D eigenvalue weighted by atomic mass is 10.1. The predicted octanol–water partition coefficient (Wildman–Crippen LogP) is 3.42. The maximum Gasteiger partial charge on any atom is 0.344 e. The van der Waals surface area contributed by atoms with E-state index >= 15 is 0 Å². The minimum atomic E-state index is -0.463. The van der Waals surface area contributed by atoms with Gasteiger partial charge in [0.15, 0.2) is 0 Å². The number of aryl methyl sites for hydroxylation is 2. The fraction of sp³-hybridized carbons (Fsp3) is 0.353. The molecule has 23 heavy (non-hydrogen) atoms. The third kappa shape index (κ3) is 3.97. The Morgan fingerprint density at radius 3 is 2.78 bits per heavy atom. The molecule has 2 aromatic rings. The van der Waals surface area contributed by atoms with Gasteiger partial charge < -0.3 is 14.6 Å². The van der Waals surface area contributed by atoms with Crippen LogP contribution in [0.3, 0.4) is 0 Å². The summed E-state index contributed by atoms with van der Waals surface area (Å²) in [7, 11) is 0. The molecule has 0 aliphatic heterocycles. The number of nitrogens with zero attached hydrogens (tertiary/aromatic N) is 1. The van der Waals surface area contributed by atoms with E-state index in [0.717, 1.165) is 5.56 Å². The summed E-state index contributed by atoms with van der Waals surface area (Å²) in [5.41, 5.74) is 2.43. The average Bonchev–Trinajstić information content (AvgIpc) is 2.87. The molecule has 1 N–H and O–H groups in total. The fourth-order valence-corrected chi connectivity index (χ4v) is 2.28. The average molecular weight is 316 g/mol. The largest absolute Gasteiger partial charge is 0.454 e. The molecule has 122 valence electrons. The number of nitrogens with one attached hydrogen (secondary N) is 1. The van der Waals surface area contributed by atoms with E-state index in [1.54, 1.807) is 32.0 Å². The van der Waals surface area contributed by atoms with Gasteiger partial charge in [-0.15, -0.1) is 0 Å². The van der Waals surface area contributed by atoms with Crippen molar-refractivity contribution in [1.82, 2.24) is 5.16 Å². The summed E-state index contributed by atoms with van der Waals surface area (Å²) in [4.78, 5) is 23.5. The van der Waals surface area contributed by atoms with Gasteiger partial charge >= 0.3 is 5.97 Å². The van der Waals surface area contributed by atoms with Gasteiger partial charge in [-0.2, -0.15) is 0 Å². The first kappa shape index (κ1) is 16.7. The van der Waals surface area contributed by atoms with Gasteiger partial charge in [-0.1, -0.05) is 24.2 Å². The Balaban J connectivity index is 2.15. The topological polar surface area (TPSA) is 81.4 Å². The molecule has 2 rings (SSSR count). The van der Waals surface area contributed by atoms with Gasteiger partial charge in [-0.3, -0.25) is 4.79 Å². The lowest BCUT2D eigenvalue weighted by Crippen LogP contribution is -2.12. The van der Waals surface area contributed by atoms with Crippen LogP contribution >= 0.6 is 0 Å². The van der Waals surface area contributed by atoms with Gasteiger partial charge in [0, 0.05) is 12.6 Å². The Kier molecular flexibility index (Phi) is 5.16. The molecule has 0 radical (unpaired) electrons. The number of rotatable bonds is 5. The van der Waals surface area contributed by atoms with Crippen molar-refractivity contribution in [3.63, 3.8) is 0 Å². The summed E-state index contributed by atoms with van der Waals surface area (Å²) in [6.07, 6.45) is 0.129. The first-order chi connectivity index (χ1) is 10.9. The number of hydrogen-bond acceptors (Lipinski definition) is 5. The molecule has 1 heterocycles. The van der Waals surface area contributed by atoms with E-state index in [1.165, 1.54) is 6.92 Å². The minimum Gasteiger partial charge on any atom is -0.454 e. The molecule has 6 heteroatoms. The molecular weight excluding hydrogens is 296 g/mol. The van der Waals surface area contributed by atoms with Crippen LogP contribution in [-0.4, -0.2) is 17.0 Å². The van der Waals surface area contributed by atoms with E-state index in [4.69, 9.17) is 9.26 Å². The molecule has 1 aromatic carbocycles. The number of anilines is 1. The van der Waals surface area contributed by atoms with Crippen molar-refractivity contribution in [3.05, 3.63) is 46.8 Å². The van der Waals surface area contributed by atoms with Gasteiger partial charge in [-0.25, -0.2) is 4.79 Å². The van der Waals surface area contributed by atoms with Crippen LogP contribution in [0.4, 0.5) is 5.69 Å². The highest BCUT2D eigenvalue weighted by molar-refractivity contribution is 5.92. The number of carbonyl (C=O) groups excluding carboxylic acids is 2. The molecule has 0 saturated carbocycles. The quantitative estimate of drug-likeness (QED) is 0.855. The highest BCUT2D eigenvalue weighted by Gasteiger charge is 2.23. The molecule has 1 aromatic heterocycles. The second-order valence-electron chi connectivity index (χ2n) is 5.27. The summed E-state index contributed by atoms with van der Waals surface area (Å²) in [5, 5.41) is 6.56. The maximum absolute atomic E-state index is 12.4. The molecule has 0 bridgehead atoms. The van der Waals surface area contributed by atoms with Crippen LogP contribution in [0, 0.1) is 6.92 Å². The van der Waals surface area contributed by atoms with E-state index in [9.17, 15) is 9.59 Å². The second-order valence-corrected chi connectivity index (χ2v) is 5.27. The molecule has 0 saturated heterocycles. The van der Waals surface area contributed by atoms with E-state index in [1.807, 2.05) is 13.0 Å². The van der Waals surface area contributed by atoms with Crippen molar-refractivity contribution in [3.8, 4) is 0 Å². The van der Waals surface area contributed by atoms with Crippen molar-refractivity contribution in [1.29, 1.82) is 0 Å². The maximum atomic E-state index is 12.4. The van der Waals surface area contributed by atoms with Crippen LogP contribution in [0.15, 0.2) is 28.8 Å². The van der Waals surface area contributed by atoms with Crippen LogP contribution in [-0.2, 0) is 16.0 Å². The van der Waals surface area contributed by atoms with Crippen LogP contribution in [0.5, 0.6) is 0 Å². The normalized spacial score (nSPS) is 11.8. The first-order valence-electron chi connectivity index (χ1n) is 7.46. The van der Waals surface area contributed by atoms with E-state index < -0.39 is 12.1 Å². The third-order valence-corrected chi connectivity index (χ3v) is 3.43. The van der Waals surface area contributed by atoms with Crippen LogP contribution in [0.1, 0.15) is 54.3 Å². The number of hydrogen-bond donors (Lipinski definition) is 1. The van der Waals surface area contributed by atoms with Crippen LogP contribution < -0.4 is 5.32 Å². The molecule has 6 nitrogen and oxygen atoms in total. The van der Waals surface area contributed by atoms with Crippen LogP contribution in [0.2, 0.25) is 0 Å². The highest BCUT2D eigenvalue weighted by Crippen LogP contribution is 2.24. The summed E-state index contributed by atoms with van der Waals surface area (Å²) in [5.74, 6) is -0.163. The van der Waals surface area contributed by atoms with Crippen molar-refractivity contribution >= 4 is 17.6 Å². The molecule has 0 fully saturated rings. The molecule has 1 atom stereocenters. The van der Waals surface area contributed by atoms with E-state index in [2.05, 4.69) is 10.5 Å². The zero-order valence-corrected chi connectivity index (χ0v) is 13.7. The number of benzene rings is 1.